The predicted molar refractivity (Wildman–Crippen MR) is 179 cm³/mol. The number of aromatic nitrogens is 6. The molecule has 0 unspecified atom stereocenters. The van der Waals surface area contributed by atoms with Gasteiger partial charge in [0.05, 0.1) is 22.4 Å². The van der Waals surface area contributed by atoms with Gasteiger partial charge in [-0.15, -0.1) is 0 Å². The quantitative estimate of drug-likeness (QED) is 0.176. The summed E-state index contributed by atoms with van der Waals surface area (Å²) < 4.78 is 0. The van der Waals surface area contributed by atoms with Gasteiger partial charge in [-0.25, -0.2) is 29.9 Å². The average Bonchev–Trinajstić information content (AvgIpc) is 3.35. The minimum atomic E-state index is 0.243. The third kappa shape index (κ3) is 7.27. The maximum Gasteiger partial charge on any atom is 0.158 e. The molecule has 0 aromatic carbocycles. The fourth-order valence-corrected chi connectivity index (χ4v) is 7.45. The first-order chi connectivity index (χ1) is 21.1. The number of pyridine rings is 2. The van der Waals surface area contributed by atoms with Gasteiger partial charge in [0.25, 0.3) is 0 Å². The Hall–Kier alpha value is -3.01. The van der Waals surface area contributed by atoms with Crippen LogP contribution in [0, 0.1) is 5.41 Å². The number of rotatable bonds is 5. The van der Waals surface area contributed by atoms with E-state index >= 15 is 0 Å². The number of nitrogen functional groups attached to an aromatic ring is 4. The number of anilines is 5. The second-order valence-electron chi connectivity index (χ2n) is 10.4. The molecule has 10 N–H and O–H groups in total. The summed E-state index contributed by atoms with van der Waals surface area (Å²) >= 11 is 20.5. The Morgan fingerprint density at radius 1 is 0.727 bits per heavy atom. The molecule has 12 nitrogen and oxygen atoms in total. The van der Waals surface area contributed by atoms with Crippen molar-refractivity contribution in [3.8, 4) is 0 Å². The van der Waals surface area contributed by atoms with Gasteiger partial charge in [0, 0.05) is 41.3 Å². The van der Waals surface area contributed by atoms with E-state index in [2.05, 4.69) is 34.8 Å². The maximum atomic E-state index is 6.38. The Bertz CT molecular complexity index is 1640. The molecule has 232 valence electrons. The van der Waals surface area contributed by atoms with Gasteiger partial charge < -0.3 is 33.6 Å². The number of nitrogens with two attached hydrogens (primary N) is 5. The Morgan fingerprint density at radius 3 is 1.77 bits per heavy atom. The molecule has 0 amide bonds. The first-order valence-electron chi connectivity index (χ1n) is 13.6. The predicted octanol–water partition coefficient (Wildman–Crippen LogP) is 5.43. The van der Waals surface area contributed by atoms with E-state index in [4.69, 9.17) is 63.5 Å². The van der Waals surface area contributed by atoms with E-state index in [-0.39, 0.29) is 22.6 Å². The van der Waals surface area contributed by atoms with Crippen LogP contribution in [0.1, 0.15) is 32.1 Å². The average molecular weight is 694 g/mol. The molecular weight excluding hydrogens is 663 g/mol. The first-order valence-corrected chi connectivity index (χ1v) is 16.4. The van der Waals surface area contributed by atoms with Crippen molar-refractivity contribution in [1.82, 2.24) is 29.9 Å². The molecule has 5 heterocycles. The van der Waals surface area contributed by atoms with Crippen LogP contribution in [-0.2, 0) is 0 Å². The summed E-state index contributed by atoms with van der Waals surface area (Å²) in [5.74, 6) is 2.00. The molecule has 44 heavy (non-hydrogen) atoms. The number of nitrogens with zero attached hydrogens (tertiary/aromatic N) is 7. The van der Waals surface area contributed by atoms with Crippen molar-refractivity contribution in [1.29, 1.82) is 0 Å². The molecule has 1 saturated carbocycles. The third-order valence-corrected chi connectivity index (χ3v) is 11.1. The van der Waals surface area contributed by atoms with Crippen molar-refractivity contribution in [3.63, 3.8) is 0 Å². The summed E-state index contributed by atoms with van der Waals surface area (Å²) in [6.07, 6.45) is 12.2. The Morgan fingerprint density at radius 2 is 1.27 bits per heavy atom. The molecule has 0 bridgehead atoms. The highest BCUT2D eigenvalue weighted by atomic mass is 35.5. The molecule has 1 saturated heterocycles. The highest BCUT2D eigenvalue weighted by molar-refractivity contribution is 7.99. The molecule has 4 aromatic rings. The molecule has 17 heteroatoms. The van der Waals surface area contributed by atoms with E-state index in [0.29, 0.717) is 42.3 Å². The molecule has 0 radical (unpaired) electrons. The summed E-state index contributed by atoms with van der Waals surface area (Å²) in [6, 6.07) is 3.85. The topological polar surface area (TPSA) is 211 Å². The first kappa shape index (κ1) is 32.4. The van der Waals surface area contributed by atoms with Gasteiger partial charge in [0.1, 0.15) is 32.7 Å². The highest BCUT2D eigenvalue weighted by Gasteiger charge is 2.43. The van der Waals surface area contributed by atoms with Gasteiger partial charge in [-0.2, -0.15) is 0 Å². The number of piperidine rings is 1. The van der Waals surface area contributed by atoms with Crippen LogP contribution >= 0.6 is 58.3 Å². The van der Waals surface area contributed by atoms with E-state index in [0.717, 1.165) is 43.1 Å². The smallest absolute Gasteiger partial charge is 0.158 e. The Labute approximate surface area is 278 Å². The molecule has 1 spiro atoms. The molecular formula is C27H31Cl3N12S2. The molecule has 1 aliphatic carbocycles. The molecule has 1 atom stereocenters. The lowest BCUT2D eigenvalue weighted by Crippen LogP contribution is -2.47. The van der Waals surface area contributed by atoms with Gasteiger partial charge in [-0.05, 0) is 43.2 Å². The minimum absolute atomic E-state index is 0.243. The Balaban J connectivity index is 0.000000195. The van der Waals surface area contributed by atoms with E-state index in [1.807, 2.05) is 0 Å². The van der Waals surface area contributed by atoms with Crippen molar-refractivity contribution < 1.29 is 0 Å². The molecule has 1 aliphatic heterocycles. The highest BCUT2D eigenvalue weighted by Crippen LogP contribution is 2.46. The summed E-state index contributed by atoms with van der Waals surface area (Å²) in [6.45, 7) is 1.89. The van der Waals surface area contributed by atoms with Crippen LogP contribution < -0.4 is 33.6 Å². The van der Waals surface area contributed by atoms with Gasteiger partial charge >= 0.3 is 0 Å². The number of hydrogen-bond acceptors (Lipinski definition) is 14. The zero-order valence-corrected chi connectivity index (χ0v) is 27.4. The largest absolute Gasteiger partial charge is 0.382 e. The number of hydrogen-bond donors (Lipinski definition) is 5. The van der Waals surface area contributed by atoms with Gasteiger partial charge in [-0.3, -0.25) is 0 Å². The van der Waals surface area contributed by atoms with Crippen LogP contribution in [-0.4, -0.2) is 49.0 Å². The maximum absolute atomic E-state index is 6.38. The van der Waals surface area contributed by atoms with E-state index in [1.54, 1.807) is 30.7 Å². The summed E-state index contributed by atoms with van der Waals surface area (Å²) in [5.41, 5.74) is 29.9. The van der Waals surface area contributed by atoms with Gasteiger partial charge in [0.15, 0.2) is 11.6 Å². The van der Waals surface area contributed by atoms with Crippen LogP contribution in [0.5, 0.6) is 0 Å². The third-order valence-electron chi connectivity index (χ3n) is 7.72. The second-order valence-corrected chi connectivity index (χ2v) is 13.6. The zero-order valence-electron chi connectivity index (χ0n) is 23.5. The summed E-state index contributed by atoms with van der Waals surface area (Å²) in [5, 5.41) is 2.14. The second kappa shape index (κ2) is 14.0. The zero-order chi connectivity index (χ0) is 31.4. The Kier molecular flexibility index (Phi) is 10.3. The SMILES string of the molecule is Nc1nc(Cl)cnc1Sc1ccnc(N)c1Cl.Nc1nc(N2CCC3(CCC[C@H]3N)CC2)cnc1Sc1ccnc(N)c1Cl. The van der Waals surface area contributed by atoms with Crippen molar-refractivity contribution in [3.05, 3.63) is 52.1 Å². The van der Waals surface area contributed by atoms with E-state index in [9.17, 15) is 0 Å². The normalized spacial score (nSPS) is 17.4. The summed E-state index contributed by atoms with van der Waals surface area (Å²) in [7, 11) is 0. The molecule has 2 fully saturated rings. The van der Waals surface area contributed by atoms with Crippen LogP contribution in [0.2, 0.25) is 15.2 Å². The van der Waals surface area contributed by atoms with Crippen LogP contribution in [0.4, 0.5) is 29.1 Å². The molecule has 6 rings (SSSR count). The van der Waals surface area contributed by atoms with Crippen LogP contribution in [0.15, 0.2) is 56.8 Å². The van der Waals surface area contributed by atoms with Crippen molar-refractivity contribution in [2.24, 2.45) is 11.1 Å². The monoisotopic (exact) mass is 692 g/mol. The number of halogens is 3. The standard InChI is InChI=1S/C18H24ClN7S.C9H7Cl2N5S/c19-14-11(3-7-23-15(14)21)27-17-16(22)25-13(10-24-17)26-8-5-18(6-9-26)4-1-2-12(18)20;10-5-3-15-9(8(13)16-5)17-4-1-2-14-7(12)6(4)11/h3,7,10,12H,1-2,4-6,8-9,20H2,(H2,21,23)(H2,22,25);1-3H,(H2,12,14)(H2,13,16)/t12-;/m1./s1. The van der Waals surface area contributed by atoms with Crippen LogP contribution in [0.3, 0.4) is 0 Å². The van der Waals surface area contributed by atoms with Gasteiger partial charge in [0.2, 0.25) is 0 Å². The lowest BCUT2D eigenvalue weighted by Gasteiger charge is -2.42. The van der Waals surface area contributed by atoms with Crippen molar-refractivity contribution in [2.75, 3.05) is 40.9 Å². The lowest BCUT2D eigenvalue weighted by atomic mass is 9.74. The fraction of sp³-hybridized carbons (Fsp3) is 0.333. The van der Waals surface area contributed by atoms with E-state index < -0.39 is 0 Å². The van der Waals surface area contributed by atoms with Crippen molar-refractivity contribution in [2.45, 2.75) is 58.0 Å². The lowest BCUT2D eigenvalue weighted by molar-refractivity contribution is 0.197. The minimum Gasteiger partial charge on any atom is -0.382 e. The van der Waals surface area contributed by atoms with Gasteiger partial charge in [-0.1, -0.05) is 64.7 Å². The van der Waals surface area contributed by atoms with E-state index in [1.165, 1.54) is 42.6 Å². The van der Waals surface area contributed by atoms with Crippen molar-refractivity contribution >= 4 is 87.4 Å². The molecule has 4 aromatic heterocycles. The summed E-state index contributed by atoms with van der Waals surface area (Å²) in [4.78, 5) is 28.6. The van der Waals surface area contributed by atoms with Crippen LogP contribution in [0.25, 0.3) is 0 Å². The fourth-order valence-electron chi connectivity index (χ4n) is 5.28. The molecule has 2 aliphatic rings.